The van der Waals surface area contributed by atoms with Crippen LogP contribution in [0.5, 0.6) is 0 Å². The average molecular weight is 400 g/mol. The van der Waals surface area contributed by atoms with Crippen molar-refractivity contribution in [1.29, 1.82) is 0 Å². The Kier molecular flexibility index (Phi) is 7.47. The molecule has 3 N–H and O–H groups in total. The van der Waals surface area contributed by atoms with Crippen molar-refractivity contribution in [2.75, 3.05) is 13.2 Å². The van der Waals surface area contributed by atoms with Gasteiger partial charge >= 0.3 is 11.9 Å². The van der Waals surface area contributed by atoms with Gasteiger partial charge in [0.2, 0.25) is 6.29 Å². The van der Waals surface area contributed by atoms with Crippen molar-refractivity contribution in [3.05, 3.63) is 11.8 Å². The Labute approximate surface area is 165 Å². The quantitative estimate of drug-likeness (QED) is 0.518. The molecule has 28 heavy (non-hydrogen) atoms. The van der Waals surface area contributed by atoms with Gasteiger partial charge in [-0.15, -0.1) is 0 Å². The minimum Gasteiger partial charge on any atom is -0.462 e. The van der Waals surface area contributed by atoms with E-state index in [0.717, 1.165) is 0 Å². The molecule has 0 amide bonds. The smallest absolute Gasteiger partial charge is 0.309 e. The van der Waals surface area contributed by atoms with Gasteiger partial charge in [0.1, 0.15) is 12.2 Å². The molecule has 1 aliphatic carbocycles. The Hall–Kier alpha value is -1.64. The fourth-order valence-corrected chi connectivity index (χ4v) is 3.82. The minimum atomic E-state index is -1.88. The lowest BCUT2D eigenvalue weighted by molar-refractivity contribution is -0.218. The number of aliphatic hydroxyl groups excluding tert-OH is 2. The zero-order valence-electron chi connectivity index (χ0n) is 17.0. The van der Waals surface area contributed by atoms with Gasteiger partial charge in [0.25, 0.3) is 0 Å². The molecule has 0 aromatic rings. The molecule has 1 aliphatic heterocycles. The largest absolute Gasteiger partial charge is 0.462 e. The summed E-state index contributed by atoms with van der Waals surface area (Å²) in [6.07, 6.45) is -0.401. The normalized spacial score (nSPS) is 32.0. The van der Waals surface area contributed by atoms with E-state index < -0.39 is 42.4 Å². The van der Waals surface area contributed by atoms with Gasteiger partial charge in [-0.05, 0) is 18.3 Å². The van der Waals surface area contributed by atoms with Crippen molar-refractivity contribution in [2.45, 2.75) is 65.0 Å². The van der Waals surface area contributed by atoms with E-state index in [0.29, 0.717) is 5.57 Å². The van der Waals surface area contributed by atoms with Crippen LogP contribution >= 0.6 is 0 Å². The SMILES string of the molecule is CC(C)CC(=O)OCC1=CO[C@@H](OC(=O)CC(C)C)[C@H]2[C@@H]1C[C@H](O)[C@]2(O)CO. The van der Waals surface area contributed by atoms with Crippen molar-refractivity contribution in [3.63, 3.8) is 0 Å². The van der Waals surface area contributed by atoms with Gasteiger partial charge in [0.15, 0.2) is 0 Å². The molecule has 8 nitrogen and oxygen atoms in total. The molecule has 0 saturated heterocycles. The molecular weight excluding hydrogens is 368 g/mol. The van der Waals surface area contributed by atoms with Crippen LogP contribution in [0.15, 0.2) is 11.8 Å². The Balaban J connectivity index is 2.17. The summed E-state index contributed by atoms with van der Waals surface area (Å²) in [5, 5.41) is 30.9. The number of carbonyl (C=O) groups is 2. The molecule has 1 fully saturated rings. The van der Waals surface area contributed by atoms with Crippen molar-refractivity contribution >= 4 is 11.9 Å². The van der Waals surface area contributed by atoms with Gasteiger partial charge in [0.05, 0.1) is 24.9 Å². The summed E-state index contributed by atoms with van der Waals surface area (Å²) in [7, 11) is 0. The summed E-state index contributed by atoms with van der Waals surface area (Å²) < 4.78 is 16.2. The van der Waals surface area contributed by atoms with E-state index in [9.17, 15) is 24.9 Å². The lowest BCUT2D eigenvalue weighted by atomic mass is 9.80. The molecule has 2 rings (SSSR count). The van der Waals surface area contributed by atoms with Gasteiger partial charge in [-0.1, -0.05) is 27.7 Å². The number of ether oxygens (including phenoxy) is 3. The van der Waals surface area contributed by atoms with Crippen LogP contribution in [0.4, 0.5) is 0 Å². The second-order valence-corrected chi connectivity index (χ2v) is 8.58. The third kappa shape index (κ3) is 5.04. The van der Waals surface area contributed by atoms with Crippen LogP contribution in [-0.4, -0.2) is 58.5 Å². The molecule has 0 bridgehead atoms. The van der Waals surface area contributed by atoms with E-state index in [4.69, 9.17) is 14.2 Å². The number of carbonyl (C=O) groups excluding carboxylic acids is 2. The minimum absolute atomic E-state index is 0.0480. The van der Waals surface area contributed by atoms with E-state index in [2.05, 4.69) is 0 Å². The highest BCUT2D eigenvalue weighted by atomic mass is 16.7. The highest BCUT2D eigenvalue weighted by Crippen LogP contribution is 2.49. The maximum Gasteiger partial charge on any atom is 0.309 e. The first-order valence-electron chi connectivity index (χ1n) is 9.79. The maximum absolute atomic E-state index is 12.1. The van der Waals surface area contributed by atoms with Gasteiger partial charge in [-0.25, -0.2) is 0 Å². The average Bonchev–Trinajstić information content (AvgIpc) is 2.85. The number of hydrogen-bond donors (Lipinski definition) is 3. The second kappa shape index (κ2) is 9.24. The van der Waals surface area contributed by atoms with Crippen molar-refractivity contribution in [3.8, 4) is 0 Å². The fraction of sp³-hybridized carbons (Fsp3) is 0.800. The summed E-state index contributed by atoms with van der Waals surface area (Å²) in [4.78, 5) is 23.9. The lowest BCUT2D eigenvalue weighted by Gasteiger charge is -2.39. The third-order valence-electron chi connectivity index (χ3n) is 5.24. The zero-order valence-corrected chi connectivity index (χ0v) is 17.0. The molecule has 5 atom stereocenters. The lowest BCUT2D eigenvalue weighted by Crippen LogP contribution is -2.54. The maximum atomic E-state index is 12.1. The highest BCUT2D eigenvalue weighted by molar-refractivity contribution is 5.70. The van der Waals surface area contributed by atoms with Crippen LogP contribution in [0.2, 0.25) is 0 Å². The van der Waals surface area contributed by atoms with Gasteiger partial charge in [-0.2, -0.15) is 0 Å². The van der Waals surface area contributed by atoms with Crippen LogP contribution in [0, 0.1) is 23.7 Å². The van der Waals surface area contributed by atoms with Crippen LogP contribution in [0.3, 0.4) is 0 Å². The molecule has 0 aromatic heterocycles. The van der Waals surface area contributed by atoms with Crippen molar-refractivity contribution < 1.29 is 39.1 Å². The first-order valence-corrected chi connectivity index (χ1v) is 9.79. The second-order valence-electron chi connectivity index (χ2n) is 8.58. The van der Waals surface area contributed by atoms with Crippen LogP contribution in [-0.2, 0) is 23.8 Å². The van der Waals surface area contributed by atoms with Crippen molar-refractivity contribution in [1.82, 2.24) is 0 Å². The Morgan fingerprint density at radius 1 is 1.21 bits per heavy atom. The molecule has 0 aromatic carbocycles. The fourth-order valence-electron chi connectivity index (χ4n) is 3.82. The Bertz CT molecular complexity index is 599. The summed E-state index contributed by atoms with van der Waals surface area (Å²) in [6, 6.07) is 0. The molecule has 0 spiro atoms. The Morgan fingerprint density at radius 2 is 1.82 bits per heavy atom. The monoisotopic (exact) mass is 400 g/mol. The molecule has 1 heterocycles. The first kappa shape index (κ1) is 22.6. The number of aliphatic hydroxyl groups is 3. The van der Waals surface area contributed by atoms with E-state index in [-0.39, 0.29) is 43.7 Å². The van der Waals surface area contributed by atoms with E-state index in [1.165, 1.54) is 6.26 Å². The number of hydrogen-bond acceptors (Lipinski definition) is 8. The molecule has 0 unspecified atom stereocenters. The predicted octanol–water partition coefficient (Wildman–Crippen LogP) is 1.13. The number of esters is 2. The van der Waals surface area contributed by atoms with Crippen molar-refractivity contribution in [2.24, 2.45) is 23.7 Å². The topological polar surface area (TPSA) is 123 Å². The van der Waals surface area contributed by atoms with Gasteiger partial charge in [-0.3, -0.25) is 9.59 Å². The van der Waals surface area contributed by atoms with E-state index in [1.807, 2.05) is 27.7 Å². The van der Waals surface area contributed by atoms with E-state index >= 15 is 0 Å². The molecular formula is C20H32O8. The molecule has 160 valence electrons. The molecule has 0 radical (unpaired) electrons. The Morgan fingerprint density at radius 3 is 2.39 bits per heavy atom. The molecule has 1 saturated carbocycles. The van der Waals surface area contributed by atoms with Crippen LogP contribution in [0.25, 0.3) is 0 Å². The third-order valence-corrected chi connectivity index (χ3v) is 5.24. The van der Waals surface area contributed by atoms with Gasteiger partial charge in [0, 0.05) is 24.3 Å². The highest BCUT2D eigenvalue weighted by Gasteiger charge is 2.60. The summed E-state index contributed by atoms with van der Waals surface area (Å²) in [5.74, 6) is -1.91. The predicted molar refractivity (Wildman–Crippen MR) is 98.6 cm³/mol. The summed E-state index contributed by atoms with van der Waals surface area (Å²) in [5.41, 5.74) is -1.31. The molecule has 8 heteroatoms. The molecule has 2 aliphatic rings. The van der Waals surface area contributed by atoms with E-state index in [1.54, 1.807) is 0 Å². The van der Waals surface area contributed by atoms with Gasteiger partial charge < -0.3 is 29.5 Å². The number of rotatable bonds is 8. The first-order chi connectivity index (χ1) is 13.1. The number of fused-ring (bicyclic) bond motifs is 1. The zero-order chi connectivity index (χ0) is 21.1. The summed E-state index contributed by atoms with van der Waals surface area (Å²) in [6.45, 7) is 6.80. The summed E-state index contributed by atoms with van der Waals surface area (Å²) >= 11 is 0. The standard InChI is InChI=1S/C20H32O8/c1-11(2)5-16(23)26-8-13-9-27-19(28-17(24)6-12(3)4)18-14(13)7-15(22)20(18,25)10-21/h9,11-12,14-15,18-19,21-22,25H,5-8,10H2,1-4H3/t14-,15+,18-,19+,20-/m1/s1. The van der Waals surface area contributed by atoms with Crippen LogP contribution < -0.4 is 0 Å². The van der Waals surface area contributed by atoms with Crippen LogP contribution in [0.1, 0.15) is 47.0 Å².